The highest BCUT2D eigenvalue weighted by atomic mass is 16.4. The summed E-state index contributed by atoms with van der Waals surface area (Å²) in [5, 5.41) is 9.36. The lowest BCUT2D eigenvalue weighted by Crippen LogP contribution is -2.03. The molecule has 92 valence electrons. The molecule has 0 atom stereocenters. The lowest BCUT2D eigenvalue weighted by Gasteiger charge is -1.98. The summed E-state index contributed by atoms with van der Waals surface area (Å²) in [4.78, 5) is 15.9. The fourth-order valence-corrected chi connectivity index (χ4v) is 2.34. The Labute approximate surface area is 103 Å². The zero-order valence-corrected chi connectivity index (χ0v) is 10.4. The number of rotatable bonds is 1. The van der Waals surface area contributed by atoms with Crippen molar-refractivity contribution in [3.05, 3.63) is 35.2 Å². The van der Waals surface area contributed by atoms with Crippen molar-refractivity contribution in [3.63, 3.8) is 0 Å². The number of aromatic carboxylic acids is 1. The summed E-state index contributed by atoms with van der Waals surface area (Å²) in [6.07, 6.45) is 0. The second-order valence-electron chi connectivity index (χ2n) is 4.54. The van der Waals surface area contributed by atoms with Gasteiger partial charge in [-0.05, 0) is 31.5 Å². The fraction of sp³-hybridized carbons (Fsp3) is 0.231. The van der Waals surface area contributed by atoms with E-state index in [1.807, 2.05) is 32.2 Å². The molecule has 5 nitrogen and oxygen atoms in total. The number of imidazole rings is 2. The van der Waals surface area contributed by atoms with E-state index in [0.717, 1.165) is 16.6 Å². The summed E-state index contributed by atoms with van der Waals surface area (Å²) in [5.41, 5.74) is 3.72. The monoisotopic (exact) mass is 243 g/mol. The molecular formula is C13H13N3O2. The van der Waals surface area contributed by atoms with Crippen LogP contribution in [0.25, 0.3) is 16.8 Å². The number of hydrogen-bond donors (Lipinski definition) is 1. The van der Waals surface area contributed by atoms with E-state index in [1.54, 1.807) is 15.9 Å². The summed E-state index contributed by atoms with van der Waals surface area (Å²) in [6.45, 7) is 3.77. The zero-order valence-electron chi connectivity index (χ0n) is 10.4. The van der Waals surface area contributed by atoms with E-state index < -0.39 is 5.97 Å². The number of carbonyl (C=O) groups is 1. The maximum Gasteiger partial charge on any atom is 0.354 e. The van der Waals surface area contributed by atoms with Gasteiger partial charge in [-0.1, -0.05) is 6.07 Å². The smallest absolute Gasteiger partial charge is 0.354 e. The number of fused-ring (bicyclic) bond motifs is 3. The summed E-state index contributed by atoms with van der Waals surface area (Å²) >= 11 is 0. The van der Waals surface area contributed by atoms with Crippen LogP contribution in [0, 0.1) is 13.8 Å². The molecule has 0 radical (unpaired) electrons. The van der Waals surface area contributed by atoms with Crippen molar-refractivity contribution >= 4 is 22.8 Å². The molecule has 0 amide bonds. The molecule has 3 rings (SSSR count). The summed E-state index contributed by atoms with van der Waals surface area (Å²) in [5.74, 6) is -0.274. The summed E-state index contributed by atoms with van der Waals surface area (Å²) in [7, 11) is 1.83. The minimum absolute atomic E-state index is 0.278. The predicted molar refractivity (Wildman–Crippen MR) is 68.1 cm³/mol. The van der Waals surface area contributed by atoms with Gasteiger partial charge in [0.25, 0.3) is 0 Å². The van der Waals surface area contributed by atoms with Gasteiger partial charge < -0.3 is 9.67 Å². The number of aryl methyl sites for hydroxylation is 2. The topological polar surface area (TPSA) is 59.5 Å². The molecule has 0 aliphatic carbocycles. The average Bonchev–Trinajstić information content (AvgIpc) is 2.77. The second kappa shape index (κ2) is 3.35. The van der Waals surface area contributed by atoms with Gasteiger partial charge in [-0.25, -0.2) is 9.78 Å². The van der Waals surface area contributed by atoms with Crippen LogP contribution in [0.4, 0.5) is 0 Å². The van der Waals surface area contributed by atoms with Crippen molar-refractivity contribution in [2.24, 2.45) is 7.05 Å². The molecule has 0 fully saturated rings. The van der Waals surface area contributed by atoms with Gasteiger partial charge in [0.05, 0.1) is 11.0 Å². The van der Waals surface area contributed by atoms with Crippen molar-refractivity contribution in [2.45, 2.75) is 13.8 Å². The van der Waals surface area contributed by atoms with E-state index in [4.69, 9.17) is 0 Å². The SMILES string of the molecule is Cc1ccc2nc3n(C)c(C)c(C(=O)O)n3c2c1. The molecule has 1 N–H and O–H groups in total. The van der Waals surface area contributed by atoms with Crippen LogP contribution in [0.1, 0.15) is 21.7 Å². The van der Waals surface area contributed by atoms with Crippen molar-refractivity contribution in [2.75, 3.05) is 0 Å². The van der Waals surface area contributed by atoms with Crippen LogP contribution in [0.3, 0.4) is 0 Å². The Balaban J connectivity index is 2.60. The Morgan fingerprint density at radius 1 is 1.33 bits per heavy atom. The highest BCUT2D eigenvalue weighted by molar-refractivity contribution is 5.92. The highest BCUT2D eigenvalue weighted by Gasteiger charge is 2.21. The molecule has 1 aromatic carbocycles. The van der Waals surface area contributed by atoms with Gasteiger partial charge >= 0.3 is 5.97 Å². The van der Waals surface area contributed by atoms with Crippen LogP contribution < -0.4 is 0 Å². The van der Waals surface area contributed by atoms with Crippen LogP contribution in [0.5, 0.6) is 0 Å². The van der Waals surface area contributed by atoms with Crippen LogP contribution in [-0.2, 0) is 7.05 Å². The molecule has 0 bridgehead atoms. The Bertz CT molecular complexity index is 796. The number of aromatic nitrogens is 3. The van der Waals surface area contributed by atoms with Crippen LogP contribution in [0.15, 0.2) is 18.2 Å². The lowest BCUT2D eigenvalue weighted by atomic mass is 10.2. The molecular weight excluding hydrogens is 230 g/mol. The zero-order chi connectivity index (χ0) is 13.0. The first-order chi connectivity index (χ1) is 8.50. The van der Waals surface area contributed by atoms with E-state index >= 15 is 0 Å². The molecule has 0 unspecified atom stereocenters. The molecule has 0 aliphatic heterocycles. The van der Waals surface area contributed by atoms with Gasteiger partial charge in [0.15, 0.2) is 5.69 Å². The molecule has 0 saturated carbocycles. The third kappa shape index (κ3) is 1.21. The van der Waals surface area contributed by atoms with Crippen molar-refractivity contribution < 1.29 is 9.90 Å². The van der Waals surface area contributed by atoms with E-state index in [9.17, 15) is 9.90 Å². The number of benzene rings is 1. The Morgan fingerprint density at radius 2 is 2.06 bits per heavy atom. The predicted octanol–water partition coefficient (Wildman–Crippen LogP) is 2.14. The van der Waals surface area contributed by atoms with Gasteiger partial charge in [0.2, 0.25) is 5.78 Å². The lowest BCUT2D eigenvalue weighted by molar-refractivity contribution is 0.0688. The quantitative estimate of drug-likeness (QED) is 0.712. The fourth-order valence-electron chi connectivity index (χ4n) is 2.34. The first-order valence-electron chi connectivity index (χ1n) is 5.68. The van der Waals surface area contributed by atoms with Gasteiger partial charge in [-0.3, -0.25) is 4.40 Å². The molecule has 5 heteroatoms. The maximum atomic E-state index is 11.4. The number of carboxylic acid groups (broad SMARTS) is 1. The largest absolute Gasteiger partial charge is 0.477 e. The van der Waals surface area contributed by atoms with Gasteiger partial charge in [-0.2, -0.15) is 0 Å². The van der Waals surface area contributed by atoms with Crippen LogP contribution >= 0.6 is 0 Å². The normalized spacial score (nSPS) is 11.5. The second-order valence-corrected chi connectivity index (χ2v) is 4.54. The summed E-state index contributed by atoms with van der Waals surface area (Å²) in [6, 6.07) is 5.85. The van der Waals surface area contributed by atoms with E-state index in [2.05, 4.69) is 4.98 Å². The van der Waals surface area contributed by atoms with Gasteiger partial charge in [0, 0.05) is 12.7 Å². The molecule has 0 spiro atoms. The van der Waals surface area contributed by atoms with Crippen molar-refractivity contribution in [1.29, 1.82) is 0 Å². The van der Waals surface area contributed by atoms with E-state index in [1.165, 1.54) is 0 Å². The van der Waals surface area contributed by atoms with E-state index in [0.29, 0.717) is 11.5 Å². The Hall–Kier alpha value is -2.30. The number of hydrogen-bond acceptors (Lipinski definition) is 2. The Kier molecular flexibility index (Phi) is 2.02. The third-order valence-electron chi connectivity index (χ3n) is 3.36. The number of carboxylic acids is 1. The molecule has 18 heavy (non-hydrogen) atoms. The molecule has 2 heterocycles. The van der Waals surface area contributed by atoms with Gasteiger partial charge in [0.1, 0.15) is 0 Å². The molecule has 2 aromatic heterocycles. The van der Waals surface area contributed by atoms with Crippen LogP contribution in [0.2, 0.25) is 0 Å². The third-order valence-corrected chi connectivity index (χ3v) is 3.36. The molecule has 0 aliphatic rings. The maximum absolute atomic E-state index is 11.4. The standard InChI is InChI=1S/C13H13N3O2/c1-7-4-5-9-10(6-7)16-11(12(17)18)8(2)15(3)13(16)14-9/h4-6H,1-3H3,(H,17,18). The van der Waals surface area contributed by atoms with E-state index in [-0.39, 0.29) is 5.69 Å². The minimum Gasteiger partial charge on any atom is -0.477 e. The molecule has 3 aromatic rings. The minimum atomic E-state index is -0.932. The van der Waals surface area contributed by atoms with Crippen molar-refractivity contribution in [1.82, 2.24) is 14.0 Å². The highest BCUT2D eigenvalue weighted by Crippen LogP contribution is 2.23. The number of nitrogens with zero attached hydrogens (tertiary/aromatic N) is 3. The first-order valence-corrected chi connectivity index (χ1v) is 5.68. The average molecular weight is 243 g/mol. The van der Waals surface area contributed by atoms with Crippen LogP contribution in [-0.4, -0.2) is 25.0 Å². The van der Waals surface area contributed by atoms with Crippen molar-refractivity contribution in [3.8, 4) is 0 Å². The van der Waals surface area contributed by atoms with Gasteiger partial charge in [-0.15, -0.1) is 0 Å². The Morgan fingerprint density at radius 3 is 2.72 bits per heavy atom. The first kappa shape index (κ1) is 10.8. The molecule has 0 saturated heterocycles. The summed E-state index contributed by atoms with van der Waals surface area (Å²) < 4.78 is 3.51.